The fourth-order valence-corrected chi connectivity index (χ4v) is 2.43. The van der Waals surface area contributed by atoms with Gasteiger partial charge in [-0.3, -0.25) is 0 Å². The fourth-order valence-electron chi connectivity index (χ4n) is 2.43. The maximum atomic E-state index is 11.9. The third kappa shape index (κ3) is 4.51. The molecular weight excluding hydrogens is 296 g/mol. The lowest BCUT2D eigenvalue weighted by Crippen LogP contribution is -2.60. The van der Waals surface area contributed by atoms with Crippen molar-refractivity contribution in [1.29, 1.82) is 0 Å². The largest absolute Gasteiger partial charge is 0.493 e. The molecular formula is C17H26N2O4. The predicted molar refractivity (Wildman–Crippen MR) is 88.0 cm³/mol. The minimum atomic E-state index is -0.455. The molecule has 0 saturated carbocycles. The molecule has 0 atom stereocenters. The van der Waals surface area contributed by atoms with Crippen molar-refractivity contribution in [2.75, 3.05) is 27.3 Å². The summed E-state index contributed by atoms with van der Waals surface area (Å²) in [5.74, 6) is 1.46. The molecule has 1 aliphatic rings. The number of para-hydroxylation sites is 1. The van der Waals surface area contributed by atoms with Crippen LogP contribution >= 0.6 is 0 Å². The topological polar surface area (TPSA) is 60.0 Å². The van der Waals surface area contributed by atoms with E-state index in [0.717, 1.165) is 17.1 Å². The number of benzene rings is 1. The van der Waals surface area contributed by atoms with Gasteiger partial charge in [0.05, 0.1) is 14.2 Å². The summed E-state index contributed by atoms with van der Waals surface area (Å²) in [6.45, 7) is 7.58. The Kier molecular flexibility index (Phi) is 5.36. The highest BCUT2D eigenvalue weighted by atomic mass is 16.6. The van der Waals surface area contributed by atoms with Gasteiger partial charge in [-0.2, -0.15) is 0 Å². The molecule has 1 N–H and O–H groups in total. The van der Waals surface area contributed by atoms with E-state index in [1.54, 1.807) is 19.1 Å². The monoisotopic (exact) mass is 322 g/mol. The summed E-state index contributed by atoms with van der Waals surface area (Å²) in [5, 5.41) is 3.42. The van der Waals surface area contributed by atoms with Gasteiger partial charge in [0.1, 0.15) is 5.60 Å². The van der Waals surface area contributed by atoms with Crippen LogP contribution in [-0.2, 0) is 11.3 Å². The lowest BCUT2D eigenvalue weighted by molar-refractivity contribution is 0.00516. The number of amides is 1. The first kappa shape index (κ1) is 17.4. The molecule has 128 valence electrons. The summed E-state index contributed by atoms with van der Waals surface area (Å²) in [4.78, 5) is 13.6. The molecule has 1 heterocycles. The minimum absolute atomic E-state index is 0.255. The molecule has 6 heteroatoms. The molecule has 0 aromatic heterocycles. The molecule has 1 saturated heterocycles. The third-order valence-electron chi connectivity index (χ3n) is 3.60. The van der Waals surface area contributed by atoms with Crippen molar-refractivity contribution in [3.63, 3.8) is 0 Å². The average Bonchev–Trinajstić information content (AvgIpc) is 2.43. The highest BCUT2D eigenvalue weighted by molar-refractivity contribution is 5.69. The maximum absolute atomic E-state index is 11.9. The summed E-state index contributed by atoms with van der Waals surface area (Å²) in [6, 6.07) is 6.07. The van der Waals surface area contributed by atoms with Crippen LogP contribution in [0, 0.1) is 0 Å². The second-order valence-electron chi connectivity index (χ2n) is 6.62. The molecule has 0 radical (unpaired) electrons. The first-order valence-corrected chi connectivity index (χ1v) is 7.75. The number of methoxy groups -OCH3 is 2. The Balaban J connectivity index is 1.82. The van der Waals surface area contributed by atoms with E-state index < -0.39 is 5.60 Å². The third-order valence-corrected chi connectivity index (χ3v) is 3.60. The Hall–Kier alpha value is -1.95. The van der Waals surface area contributed by atoms with Gasteiger partial charge in [0.25, 0.3) is 0 Å². The van der Waals surface area contributed by atoms with Gasteiger partial charge in [-0.1, -0.05) is 12.1 Å². The van der Waals surface area contributed by atoms with E-state index in [9.17, 15) is 4.79 Å². The summed E-state index contributed by atoms with van der Waals surface area (Å²) in [5.41, 5.74) is 0.575. The fraction of sp³-hybridized carbons (Fsp3) is 0.588. The van der Waals surface area contributed by atoms with Crippen LogP contribution in [-0.4, -0.2) is 49.9 Å². The van der Waals surface area contributed by atoms with Gasteiger partial charge in [0.15, 0.2) is 11.5 Å². The zero-order chi connectivity index (χ0) is 17.0. The molecule has 1 aromatic carbocycles. The smallest absolute Gasteiger partial charge is 0.410 e. The molecule has 0 unspecified atom stereocenters. The maximum Gasteiger partial charge on any atom is 0.410 e. The van der Waals surface area contributed by atoms with Crippen molar-refractivity contribution in [2.45, 2.75) is 39.0 Å². The number of hydrogen-bond acceptors (Lipinski definition) is 5. The first-order chi connectivity index (χ1) is 10.8. The van der Waals surface area contributed by atoms with E-state index in [0.29, 0.717) is 19.6 Å². The highest BCUT2D eigenvalue weighted by Gasteiger charge is 2.33. The summed E-state index contributed by atoms with van der Waals surface area (Å²) < 4.78 is 16.1. The Morgan fingerprint density at radius 1 is 1.26 bits per heavy atom. The van der Waals surface area contributed by atoms with Gasteiger partial charge >= 0.3 is 6.09 Å². The van der Waals surface area contributed by atoms with E-state index in [2.05, 4.69) is 5.32 Å². The number of carbonyl (C=O) groups excluding carboxylic acids is 1. The van der Waals surface area contributed by atoms with Crippen LogP contribution in [0.25, 0.3) is 0 Å². The second-order valence-corrected chi connectivity index (χ2v) is 6.62. The molecule has 1 fully saturated rings. The second kappa shape index (κ2) is 7.08. The number of likely N-dealkylation sites (tertiary alicyclic amines) is 1. The van der Waals surface area contributed by atoms with Gasteiger partial charge < -0.3 is 24.4 Å². The van der Waals surface area contributed by atoms with Crippen LogP contribution in [0.3, 0.4) is 0 Å². The number of hydrogen-bond donors (Lipinski definition) is 1. The van der Waals surface area contributed by atoms with Crippen LogP contribution in [0.15, 0.2) is 18.2 Å². The van der Waals surface area contributed by atoms with Crippen LogP contribution in [0.1, 0.15) is 26.3 Å². The molecule has 0 aliphatic carbocycles. The molecule has 0 spiro atoms. The normalized spacial score (nSPS) is 15.1. The van der Waals surface area contributed by atoms with Crippen LogP contribution in [0.4, 0.5) is 4.79 Å². The number of ether oxygens (including phenoxy) is 3. The zero-order valence-corrected chi connectivity index (χ0v) is 14.5. The van der Waals surface area contributed by atoms with Gasteiger partial charge in [-0.05, 0) is 26.8 Å². The van der Waals surface area contributed by atoms with Crippen molar-refractivity contribution < 1.29 is 19.0 Å². The van der Waals surface area contributed by atoms with Gasteiger partial charge in [-0.15, -0.1) is 0 Å². The van der Waals surface area contributed by atoms with E-state index in [-0.39, 0.29) is 12.1 Å². The van der Waals surface area contributed by atoms with Gasteiger partial charge in [0.2, 0.25) is 0 Å². The summed E-state index contributed by atoms with van der Waals surface area (Å²) >= 11 is 0. The van der Waals surface area contributed by atoms with Crippen LogP contribution < -0.4 is 14.8 Å². The van der Waals surface area contributed by atoms with Crippen LogP contribution in [0.2, 0.25) is 0 Å². The number of rotatable bonds is 5. The van der Waals surface area contributed by atoms with Crippen molar-refractivity contribution in [3.05, 3.63) is 23.8 Å². The summed E-state index contributed by atoms with van der Waals surface area (Å²) in [7, 11) is 3.26. The standard InChI is InChI=1S/C17H26N2O4/c1-17(2,3)23-16(20)19-10-13(11-19)18-9-12-7-6-8-14(21-4)15(12)22-5/h6-8,13,18H,9-11H2,1-5H3. The average molecular weight is 322 g/mol. The Bertz CT molecular complexity index is 548. The summed E-state index contributed by atoms with van der Waals surface area (Å²) in [6.07, 6.45) is -0.255. The predicted octanol–water partition coefficient (Wildman–Crippen LogP) is 2.41. The van der Waals surface area contributed by atoms with Gasteiger partial charge in [0, 0.05) is 31.2 Å². The molecule has 6 nitrogen and oxygen atoms in total. The van der Waals surface area contributed by atoms with Crippen molar-refractivity contribution in [2.24, 2.45) is 0 Å². The Morgan fingerprint density at radius 2 is 1.96 bits per heavy atom. The lowest BCUT2D eigenvalue weighted by atomic mass is 10.1. The van der Waals surface area contributed by atoms with Crippen LogP contribution in [0.5, 0.6) is 11.5 Å². The number of carbonyl (C=O) groups is 1. The highest BCUT2D eigenvalue weighted by Crippen LogP contribution is 2.30. The quantitative estimate of drug-likeness (QED) is 0.902. The number of nitrogens with one attached hydrogen (secondary N) is 1. The van der Waals surface area contributed by atoms with E-state index in [1.807, 2.05) is 39.0 Å². The number of nitrogens with zero attached hydrogens (tertiary/aromatic N) is 1. The van der Waals surface area contributed by atoms with Crippen molar-refractivity contribution in [3.8, 4) is 11.5 Å². The van der Waals surface area contributed by atoms with Crippen molar-refractivity contribution in [1.82, 2.24) is 10.2 Å². The molecule has 1 aromatic rings. The molecule has 23 heavy (non-hydrogen) atoms. The lowest BCUT2D eigenvalue weighted by Gasteiger charge is -2.40. The van der Waals surface area contributed by atoms with Crippen molar-refractivity contribution >= 4 is 6.09 Å². The molecule has 0 bridgehead atoms. The molecule has 2 rings (SSSR count). The van der Waals surface area contributed by atoms with E-state index in [4.69, 9.17) is 14.2 Å². The molecule has 1 aliphatic heterocycles. The molecule has 1 amide bonds. The minimum Gasteiger partial charge on any atom is -0.493 e. The Morgan fingerprint density at radius 3 is 2.52 bits per heavy atom. The Labute approximate surface area is 137 Å². The van der Waals surface area contributed by atoms with E-state index in [1.165, 1.54) is 0 Å². The van der Waals surface area contributed by atoms with E-state index >= 15 is 0 Å². The van der Waals surface area contributed by atoms with Gasteiger partial charge in [-0.25, -0.2) is 4.79 Å². The first-order valence-electron chi connectivity index (χ1n) is 7.75. The SMILES string of the molecule is COc1cccc(CNC2CN(C(=O)OC(C)(C)C)C2)c1OC. The zero-order valence-electron chi connectivity index (χ0n) is 14.5.